The van der Waals surface area contributed by atoms with Crippen molar-refractivity contribution in [3.8, 4) is 0 Å². The van der Waals surface area contributed by atoms with E-state index in [0.717, 1.165) is 5.56 Å². The molecule has 0 atom stereocenters. The summed E-state index contributed by atoms with van der Waals surface area (Å²) in [4.78, 5) is 14.0. The SMILES string of the molecule is CCN(Cc1ccccc1C)C(=O)c1ccc(Cl)o1. The summed E-state index contributed by atoms with van der Waals surface area (Å²) < 4.78 is 5.17. The minimum atomic E-state index is -0.141. The van der Waals surface area contributed by atoms with Gasteiger partial charge in [0.05, 0.1) is 0 Å². The van der Waals surface area contributed by atoms with Crippen LogP contribution in [-0.4, -0.2) is 17.4 Å². The molecular weight excluding hydrogens is 262 g/mol. The average Bonchev–Trinajstić information content (AvgIpc) is 2.84. The summed E-state index contributed by atoms with van der Waals surface area (Å²) in [6, 6.07) is 11.2. The van der Waals surface area contributed by atoms with Crippen LogP contribution >= 0.6 is 11.6 Å². The second kappa shape index (κ2) is 5.93. The topological polar surface area (TPSA) is 33.5 Å². The molecule has 1 aromatic heterocycles. The number of nitrogens with zero attached hydrogens (tertiary/aromatic N) is 1. The monoisotopic (exact) mass is 277 g/mol. The third kappa shape index (κ3) is 3.18. The van der Waals surface area contributed by atoms with Gasteiger partial charge < -0.3 is 9.32 Å². The van der Waals surface area contributed by atoms with Crippen molar-refractivity contribution in [2.45, 2.75) is 20.4 Å². The molecule has 0 radical (unpaired) electrons. The molecule has 19 heavy (non-hydrogen) atoms. The van der Waals surface area contributed by atoms with Gasteiger partial charge in [-0.05, 0) is 48.7 Å². The first-order valence-electron chi connectivity index (χ1n) is 6.21. The lowest BCUT2D eigenvalue weighted by Crippen LogP contribution is -2.30. The van der Waals surface area contributed by atoms with E-state index in [1.54, 1.807) is 17.0 Å². The summed E-state index contributed by atoms with van der Waals surface area (Å²) in [6.07, 6.45) is 0. The number of benzene rings is 1. The number of amides is 1. The number of carbonyl (C=O) groups excluding carboxylic acids is 1. The minimum absolute atomic E-state index is 0.141. The molecule has 0 aliphatic rings. The van der Waals surface area contributed by atoms with Crippen LogP contribution in [0, 0.1) is 6.92 Å². The zero-order chi connectivity index (χ0) is 13.8. The Labute approximate surface area is 117 Å². The number of rotatable bonds is 4. The van der Waals surface area contributed by atoms with E-state index in [9.17, 15) is 4.79 Å². The molecule has 0 N–H and O–H groups in total. The first-order valence-corrected chi connectivity index (χ1v) is 6.58. The Hall–Kier alpha value is -1.74. The van der Waals surface area contributed by atoms with E-state index in [1.807, 2.05) is 38.1 Å². The van der Waals surface area contributed by atoms with E-state index in [-0.39, 0.29) is 16.9 Å². The van der Waals surface area contributed by atoms with Crippen LogP contribution in [0.3, 0.4) is 0 Å². The van der Waals surface area contributed by atoms with Gasteiger partial charge in [-0.3, -0.25) is 4.79 Å². The lowest BCUT2D eigenvalue weighted by Gasteiger charge is -2.20. The second-order valence-corrected chi connectivity index (χ2v) is 4.72. The van der Waals surface area contributed by atoms with E-state index in [0.29, 0.717) is 13.1 Å². The largest absolute Gasteiger partial charge is 0.440 e. The fourth-order valence-electron chi connectivity index (χ4n) is 1.91. The highest BCUT2D eigenvalue weighted by molar-refractivity contribution is 6.29. The number of carbonyl (C=O) groups is 1. The molecule has 0 unspecified atom stereocenters. The summed E-state index contributed by atoms with van der Waals surface area (Å²) in [5, 5.41) is 0.232. The summed E-state index contributed by atoms with van der Waals surface area (Å²) in [7, 11) is 0. The molecule has 0 bridgehead atoms. The molecule has 0 saturated heterocycles. The maximum absolute atomic E-state index is 12.3. The molecular formula is C15H16ClNO2. The minimum Gasteiger partial charge on any atom is -0.440 e. The van der Waals surface area contributed by atoms with E-state index < -0.39 is 0 Å². The summed E-state index contributed by atoms with van der Waals surface area (Å²) >= 11 is 5.70. The van der Waals surface area contributed by atoms with Gasteiger partial charge in [0, 0.05) is 13.1 Å². The van der Waals surface area contributed by atoms with E-state index in [1.165, 1.54) is 5.56 Å². The first-order chi connectivity index (χ1) is 9.11. The molecule has 0 aliphatic carbocycles. The van der Waals surface area contributed by atoms with Gasteiger partial charge in [0.2, 0.25) is 0 Å². The Morgan fingerprint density at radius 3 is 2.58 bits per heavy atom. The molecule has 0 aliphatic heterocycles. The van der Waals surface area contributed by atoms with Gasteiger partial charge in [0.15, 0.2) is 11.0 Å². The van der Waals surface area contributed by atoms with Gasteiger partial charge >= 0.3 is 0 Å². The fourth-order valence-corrected chi connectivity index (χ4v) is 2.05. The van der Waals surface area contributed by atoms with Gasteiger partial charge in [-0.1, -0.05) is 24.3 Å². The van der Waals surface area contributed by atoms with Gasteiger partial charge in [-0.15, -0.1) is 0 Å². The fraction of sp³-hybridized carbons (Fsp3) is 0.267. The van der Waals surface area contributed by atoms with Crippen LogP contribution < -0.4 is 0 Å². The maximum atomic E-state index is 12.3. The second-order valence-electron chi connectivity index (χ2n) is 4.35. The predicted octanol–water partition coefficient (Wildman–Crippen LogP) is 3.90. The highest BCUT2D eigenvalue weighted by atomic mass is 35.5. The number of aryl methyl sites for hydroxylation is 1. The van der Waals surface area contributed by atoms with Crippen LogP contribution in [0.2, 0.25) is 5.22 Å². The Morgan fingerprint density at radius 1 is 1.26 bits per heavy atom. The molecule has 1 amide bonds. The zero-order valence-corrected chi connectivity index (χ0v) is 11.8. The molecule has 3 nitrogen and oxygen atoms in total. The van der Waals surface area contributed by atoms with Crippen LogP contribution in [-0.2, 0) is 6.54 Å². The van der Waals surface area contributed by atoms with Crippen molar-refractivity contribution in [1.82, 2.24) is 4.90 Å². The molecule has 1 heterocycles. The van der Waals surface area contributed by atoms with Crippen molar-refractivity contribution in [1.29, 1.82) is 0 Å². The molecule has 0 spiro atoms. The third-order valence-electron chi connectivity index (χ3n) is 3.08. The van der Waals surface area contributed by atoms with Gasteiger partial charge in [-0.2, -0.15) is 0 Å². The van der Waals surface area contributed by atoms with Crippen molar-refractivity contribution in [2.24, 2.45) is 0 Å². The maximum Gasteiger partial charge on any atom is 0.289 e. The first kappa shape index (κ1) is 13.7. The van der Waals surface area contributed by atoms with Crippen molar-refractivity contribution >= 4 is 17.5 Å². The molecule has 0 fully saturated rings. The molecule has 2 rings (SSSR count). The quantitative estimate of drug-likeness (QED) is 0.849. The number of hydrogen-bond donors (Lipinski definition) is 0. The third-order valence-corrected chi connectivity index (χ3v) is 3.28. The highest BCUT2D eigenvalue weighted by Crippen LogP contribution is 2.17. The van der Waals surface area contributed by atoms with Gasteiger partial charge in [0.1, 0.15) is 0 Å². The molecule has 4 heteroatoms. The van der Waals surface area contributed by atoms with Crippen molar-refractivity contribution in [2.75, 3.05) is 6.54 Å². The average molecular weight is 278 g/mol. The van der Waals surface area contributed by atoms with E-state index in [2.05, 4.69) is 0 Å². The summed E-state index contributed by atoms with van der Waals surface area (Å²) in [6.45, 7) is 5.17. The molecule has 100 valence electrons. The van der Waals surface area contributed by atoms with E-state index in [4.69, 9.17) is 16.0 Å². The smallest absolute Gasteiger partial charge is 0.289 e. The summed E-state index contributed by atoms with van der Waals surface area (Å²) in [5.41, 5.74) is 2.31. The highest BCUT2D eigenvalue weighted by Gasteiger charge is 2.18. The zero-order valence-electron chi connectivity index (χ0n) is 11.0. The number of furan rings is 1. The van der Waals surface area contributed by atoms with Gasteiger partial charge in [-0.25, -0.2) is 0 Å². The number of halogens is 1. The van der Waals surface area contributed by atoms with Crippen molar-refractivity contribution < 1.29 is 9.21 Å². The van der Waals surface area contributed by atoms with Gasteiger partial charge in [0.25, 0.3) is 5.91 Å². The molecule has 0 saturated carbocycles. The Morgan fingerprint density at radius 2 is 2.00 bits per heavy atom. The van der Waals surface area contributed by atoms with Crippen LogP contribution in [0.25, 0.3) is 0 Å². The Balaban J connectivity index is 2.17. The normalized spacial score (nSPS) is 10.5. The van der Waals surface area contributed by atoms with Crippen LogP contribution in [0.5, 0.6) is 0 Å². The van der Waals surface area contributed by atoms with E-state index >= 15 is 0 Å². The lowest BCUT2D eigenvalue weighted by molar-refractivity contribution is 0.0720. The number of hydrogen-bond acceptors (Lipinski definition) is 2. The predicted molar refractivity (Wildman–Crippen MR) is 75.3 cm³/mol. The Bertz CT molecular complexity index is 577. The lowest BCUT2D eigenvalue weighted by atomic mass is 10.1. The van der Waals surface area contributed by atoms with Crippen molar-refractivity contribution in [3.05, 3.63) is 58.5 Å². The Kier molecular flexibility index (Phi) is 4.27. The van der Waals surface area contributed by atoms with Crippen LogP contribution in [0.1, 0.15) is 28.6 Å². The van der Waals surface area contributed by atoms with Crippen LogP contribution in [0.15, 0.2) is 40.8 Å². The summed E-state index contributed by atoms with van der Waals surface area (Å²) in [5.74, 6) is 0.137. The molecule has 1 aromatic carbocycles. The van der Waals surface area contributed by atoms with Crippen LogP contribution in [0.4, 0.5) is 0 Å². The standard InChI is InChI=1S/C15H16ClNO2/c1-3-17(10-12-7-5-4-6-11(12)2)15(18)13-8-9-14(16)19-13/h4-9H,3,10H2,1-2H3. The molecule has 2 aromatic rings. The van der Waals surface area contributed by atoms with Crippen molar-refractivity contribution in [3.63, 3.8) is 0 Å².